The molecular formula is C9H12O4. The zero-order chi connectivity index (χ0) is 9.26. The van der Waals surface area contributed by atoms with Crippen LogP contribution in [-0.2, 0) is 19.1 Å². The lowest BCUT2D eigenvalue weighted by molar-refractivity contribution is -0.184. The van der Waals surface area contributed by atoms with E-state index in [-0.39, 0.29) is 24.3 Å². The molecule has 0 aromatic heterocycles. The average molecular weight is 184 g/mol. The monoisotopic (exact) mass is 184 g/mol. The number of esters is 1. The van der Waals surface area contributed by atoms with Crippen LogP contribution < -0.4 is 0 Å². The normalized spacial score (nSPS) is 38.2. The molecule has 0 N–H and O–H groups in total. The Morgan fingerprint density at radius 1 is 1.38 bits per heavy atom. The third-order valence-electron chi connectivity index (χ3n) is 2.49. The zero-order valence-corrected chi connectivity index (χ0v) is 7.27. The summed E-state index contributed by atoms with van der Waals surface area (Å²) in [4.78, 5) is 21.2. The van der Waals surface area contributed by atoms with Crippen LogP contribution in [-0.4, -0.2) is 30.6 Å². The van der Waals surface area contributed by atoms with Crippen molar-refractivity contribution in [3.63, 3.8) is 0 Å². The van der Waals surface area contributed by atoms with E-state index in [2.05, 4.69) is 0 Å². The molecule has 0 spiro atoms. The molecule has 4 heteroatoms. The van der Waals surface area contributed by atoms with Crippen molar-refractivity contribution >= 4 is 12.3 Å². The molecule has 4 nitrogen and oxygen atoms in total. The number of carbonyl (C=O) groups is 2. The second-order valence-corrected chi connectivity index (χ2v) is 3.57. The molecule has 3 atom stereocenters. The molecule has 2 aliphatic rings. The lowest BCUT2D eigenvalue weighted by Gasteiger charge is -2.37. The number of hydrogen-bond acceptors (Lipinski definition) is 4. The predicted molar refractivity (Wildman–Crippen MR) is 43.1 cm³/mol. The first-order valence-corrected chi connectivity index (χ1v) is 4.56. The molecule has 13 heavy (non-hydrogen) atoms. The summed E-state index contributed by atoms with van der Waals surface area (Å²) in [6.07, 6.45) is 2.97. The number of fused-ring (bicyclic) bond motifs is 2. The van der Waals surface area contributed by atoms with E-state index in [1.165, 1.54) is 0 Å². The summed E-state index contributed by atoms with van der Waals surface area (Å²) < 4.78 is 10.6. The molecule has 0 radical (unpaired) electrons. The Labute approximate surface area is 76.2 Å². The first-order chi connectivity index (χ1) is 6.28. The molecular weight excluding hydrogens is 172 g/mol. The highest BCUT2D eigenvalue weighted by atomic mass is 16.6. The van der Waals surface area contributed by atoms with Crippen molar-refractivity contribution < 1.29 is 19.1 Å². The van der Waals surface area contributed by atoms with Crippen LogP contribution in [0, 0.1) is 0 Å². The SMILES string of the molecule is O=CC[C@H]1C[C@H]2C[C@H](CC(=O)O2)O1. The molecule has 0 aliphatic carbocycles. The van der Waals surface area contributed by atoms with Crippen LogP contribution in [0.5, 0.6) is 0 Å². The Bertz CT molecular complexity index is 210. The third kappa shape index (κ3) is 1.88. The van der Waals surface area contributed by atoms with E-state index < -0.39 is 0 Å². The molecule has 0 aromatic carbocycles. The highest BCUT2D eigenvalue weighted by Gasteiger charge is 2.36. The topological polar surface area (TPSA) is 52.6 Å². The van der Waals surface area contributed by atoms with Crippen LogP contribution in [0.3, 0.4) is 0 Å². The van der Waals surface area contributed by atoms with Gasteiger partial charge in [0.05, 0.1) is 18.6 Å². The van der Waals surface area contributed by atoms with Crippen molar-refractivity contribution in [1.82, 2.24) is 0 Å². The summed E-state index contributed by atoms with van der Waals surface area (Å²) in [6, 6.07) is 0. The fraction of sp³-hybridized carbons (Fsp3) is 0.778. The summed E-state index contributed by atoms with van der Waals surface area (Å²) in [6.45, 7) is 0. The van der Waals surface area contributed by atoms with Crippen molar-refractivity contribution in [3.8, 4) is 0 Å². The Morgan fingerprint density at radius 2 is 2.23 bits per heavy atom. The lowest BCUT2D eigenvalue weighted by atomic mass is 9.95. The number of ether oxygens (including phenoxy) is 2. The zero-order valence-electron chi connectivity index (χ0n) is 7.27. The molecule has 0 amide bonds. The van der Waals surface area contributed by atoms with Gasteiger partial charge in [-0.2, -0.15) is 0 Å². The first kappa shape index (κ1) is 8.69. The lowest BCUT2D eigenvalue weighted by Crippen LogP contribution is -2.43. The van der Waals surface area contributed by atoms with Gasteiger partial charge in [0.15, 0.2) is 0 Å². The number of aldehydes is 1. The van der Waals surface area contributed by atoms with E-state index in [1.807, 2.05) is 0 Å². The summed E-state index contributed by atoms with van der Waals surface area (Å²) in [5.41, 5.74) is 0. The van der Waals surface area contributed by atoms with Crippen LogP contribution in [0.15, 0.2) is 0 Å². The van der Waals surface area contributed by atoms with E-state index in [0.29, 0.717) is 19.3 Å². The molecule has 0 unspecified atom stereocenters. The van der Waals surface area contributed by atoms with Gasteiger partial charge in [-0.1, -0.05) is 0 Å². The van der Waals surface area contributed by atoms with Gasteiger partial charge in [-0.05, 0) is 0 Å². The second-order valence-electron chi connectivity index (χ2n) is 3.57. The number of rotatable bonds is 2. The number of hydrogen-bond donors (Lipinski definition) is 0. The summed E-state index contributed by atoms with van der Waals surface area (Å²) in [5.74, 6) is -0.175. The van der Waals surface area contributed by atoms with Gasteiger partial charge >= 0.3 is 5.97 Å². The van der Waals surface area contributed by atoms with E-state index in [0.717, 1.165) is 12.7 Å². The van der Waals surface area contributed by atoms with Gasteiger partial charge in [0, 0.05) is 19.3 Å². The molecule has 2 heterocycles. The van der Waals surface area contributed by atoms with Gasteiger partial charge in [0.1, 0.15) is 12.4 Å². The standard InChI is InChI=1S/C9H12O4/c10-2-1-6-3-7-4-8(12-6)5-9(11)13-7/h2,6-8H,1,3-5H2/t6-,7-,8+/m0/s1. The van der Waals surface area contributed by atoms with Crippen LogP contribution in [0.4, 0.5) is 0 Å². The van der Waals surface area contributed by atoms with Crippen LogP contribution in [0.1, 0.15) is 25.7 Å². The summed E-state index contributed by atoms with van der Waals surface area (Å²) in [5, 5.41) is 0. The maximum absolute atomic E-state index is 11.0. The Morgan fingerprint density at radius 3 is 2.92 bits per heavy atom. The van der Waals surface area contributed by atoms with Gasteiger partial charge in [-0.15, -0.1) is 0 Å². The second kappa shape index (κ2) is 3.46. The fourth-order valence-electron chi connectivity index (χ4n) is 1.97. The predicted octanol–water partition coefficient (Wildman–Crippen LogP) is 0.439. The maximum Gasteiger partial charge on any atom is 0.308 e. The van der Waals surface area contributed by atoms with Gasteiger partial charge in [0.2, 0.25) is 0 Å². The van der Waals surface area contributed by atoms with Crippen LogP contribution in [0.25, 0.3) is 0 Å². The van der Waals surface area contributed by atoms with Gasteiger partial charge in [-0.25, -0.2) is 0 Å². The molecule has 2 fully saturated rings. The first-order valence-electron chi connectivity index (χ1n) is 4.56. The van der Waals surface area contributed by atoms with E-state index in [1.54, 1.807) is 0 Å². The van der Waals surface area contributed by atoms with Crippen LogP contribution >= 0.6 is 0 Å². The van der Waals surface area contributed by atoms with Crippen molar-refractivity contribution in [3.05, 3.63) is 0 Å². The van der Waals surface area contributed by atoms with E-state index in [9.17, 15) is 9.59 Å². The quantitative estimate of drug-likeness (QED) is 0.461. The average Bonchev–Trinajstić information content (AvgIpc) is 2.01. The smallest absolute Gasteiger partial charge is 0.308 e. The van der Waals surface area contributed by atoms with Crippen molar-refractivity contribution in [2.24, 2.45) is 0 Å². The summed E-state index contributed by atoms with van der Waals surface area (Å²) in [7, 11) is 0. The van der Waals surface area contributed by atoms with Gasteiger partial charge in [0.25, 0.3) is 0 Å². The van der Waals surface area contributed by atoms with Crippen molar-refractivity contribution in [2.45, 2.75) is 44.0 Å². The minimum atomic E-state index is -0.175. The minimum Gasteiger partial charge on any atom is -0.462 e. The maximum atomic E-state index is 11.0. The highest BCUT2D eigenvalue weighted by molar-refractivity contribution is 5.71. The Hall–Kier alpha value is -0.900. The fourth-order valence-corrected chi connectivity index (χ4v) is 1.97. The van der Waals surface area contributed by atoms with E-state index >= 15 is 0 Å². The highest BCUT2D eigenvalue weighted by Crippen LogP contribution is 2.29. The molecule has 2 rings (SSSR count). The Kier molecular flexibility index (Phi) is 2.31. The van der Waals surface area contributed by atoms with Gasteiger partial charge in [-0.3, -0.25) is 4.79 Å². The molecule has 0 aromatic rings. The van der Waals surface area contributed by atoms with Crippen molar-refractivity contribution in [1.29, 1.82) is 0 Å². The number of carbonyl (C=O) groups excluding carboxylic acids is 2. The van der Waals surface area contributed by atoms with E-state index in [4.69, 9.17) is 9.47 Å². The molecule has 0 saturated carbocycles. The minimum absolute atomic E-state index is 0.0232. The molecule has 2 bridgehead atoms. The molecule has 72 valence electrons. The summed E-state index contributed by atoms with van der Waals surface area (Å²) >= 11 is 0. The molecule has 2 saturated heterocycles. The van der Waals surface area contributed by atoms with Crippen LogP contribution in [0.2, 0.25) is 0 Å². The van der Waals surface area contributed by atoms with Crippen molar-refractivity contribution in [2.75, 3.05) is 0 Å². The molecule has 2 aliphatic heterocycles. The largest absolute Gasteiger partial charge is 0.462 e. The Balaban J connectivity index is 1.97. The third-order valence-corrected chi connectivity index (χ3v) is 2.49. The van der Waals surface area contributed by atoms with Gasteiger partial charge < -0.3 is 14.3 Å².